The number of hydrogen-bond donors (Lipinski definition) is 2. The molecule has 2 N–H and O–H groups in total. The first-order valence-electron chi connectivity index (χ1n) is 12.0. The van der Waals surface area contributed by atoms with Crippen LogP contribution in [-0.4, -0.2) is 20.6 Å². The smallest absolute Gasteiger partial charge is 0.224 e. The zero-order valence-electron chi connectivity index (χ0n) is 20.1. The van der Waals surface area contributed by atoms with Crippen LogP contribution in [0.3, 0.4) is 0 Å². The van der Waals surface area contributed by atoms with Crippen molar-refractivity contribution in [3.05, 3.63) is 76.9 Å². The van der Waals surface area contributed by atoms with E-state index in [2.05, 4.69) is 57.1 Å². The molecule has 2 unspecified atom stereocenters. The quantitative estimate of drug-likeness (QED) is 0.452. The lowest BCUT2D eigenvalue weighted by Crippen LogP contribution is -2.29. The molecule has 2 aromatic heterocycles. The summed E-state index contributed by atoms with van der Waals surface area (Å²) in [4.78, 5) is 18.8. The average Bonchev–Trinajstić information content (AvgIpc) is 3.54. The second kappa shape index (κ2) is 8.87. The molecule has 1 saturated carbocycles. The Hall–Kier alpha value is -3.19. The van der Waals surface area contributed by atoms with Gasteiger partial charge in [0.1, 0.15) is 0 Å². The number of benzene rings is 1. The number of thiocarbonyl (C=S) groups is 1. The van der Waals surface area contributed by atoms with Crippen molar-refractivity contribution in [1.29, 1.82) is 0 Å². The van der Waals surface area contributed by atoms with E-state index in [0.29, 0.717) is 17.6 Å². The van der Waals surface area contributed by atoms with Crippen LogP contribution in [0.15, 0.2) is 48.7 Å². The van der Waals surface area contributed by atoms with Gasteiger partial charge in [0.05, 0.1) is 17.8 Å². The van der Waals surface area contributed by atoms with Crippen LogP contribution in [0.2, 0.25) is 0 Å². The molecule has 1 amide bonds. The summed E-state index contributed by atoms with van der Waals surface area (Å²) in [5, 5.41) is 7.23. The maximum atomic E-state index is 11.9. The topological polar surface area (TPSA) is 62.2 Å². The highest BCUT2D eigenvalue weighted by molar-refractivity contribution is 7.80. The van der Waals surface area contributed by atoms with E-state index in [4.69, 9.17) is 12.2 Å². The lowest BCUT2D eigenvalue weighted by Gasteiger charge is -2.29. The van der Waals surface area contributed by atoms with Gasteiger partial charge in [0.25, 0.3) is 0 Å². The first-order valence-corrected chi connectivity index (χ1v) is 12.4. The van der Waals surface area contributed by atoms with Gasteiger partial charge in [0, 0.05) is 41.4 Å². The van der Waals surface area contributed by atoms with E-state index in [9.17, 15) is 4.79 Å². The fraction of sp³-hybridized carbons (Fsp3) is 0.370. The van der Waals surface area contributed by atoms with Gasteiger partial charge in [-0.3, -0.25) is 9.78 Å². The predicted molar refractivity (Wildman–Crippen MR) is 140 cm³/mol. The first kappa shape index (κ1) is 22.6. The molecule has 7 heteroatoms. The Kier molecular flexibility index (Phi) is 5.90. The Morgan fingerprint density at radius 3 is 2.62 bits per heavy atom. The number of amides is 1. The maximum absolute atomic E-state index is 11.9. The summed E-state index contributed by atoms with van der Waals surface area (Å²) in [5.74, 6) is 0.00909. The third-order valence-electron chi connectivity index (χ3n) is 6.94. The summed E-state index contributed by atoms with van der Waals surface area (Å²) in [7, 11) is 0. The van der Waals surface area contributed by atoms with Crippen molar-refractivity contribution in [3.63, 3.8) is 0 Å². The molecular formula is C27H31N5OS. The van der Waals surface area contributed by atoms with E-state index in [0.717, 1.165) is 22.6 Å². The molecule has 0 bridgehead atoms. The number of carbonyl (C=O) groups is 1. The SMILES string of the molecule is CCC(=O)Nc1ccc(N2C(=S)NC(c3ccccn3)C2c2cc(C)n(C3CC3)c2C)cc1C. The molecule has 3 heterocycles. The minimum Gasteiger partial charge on any atom is -0.351 e. The number of pyridine rings is 1. The zero-order chi connectivity index (χ0) is 24.0. The van der Waals surface area contributed by atoms with Crippen LogP contribution in [0.25, 0.3) is 0 Å². The van der Waals surface area contributed by atoms with Crippen LogP contribution in [0.1, 0.15) is 72.5 Å². The summed E-state index contributed by atoms with van der Waals surface area (Å²) in [6.07, 6.45) is 4.78. The van der Waals surface area contributed by atoms with Gasteiger partial charge in [-0.05, 0) is 93.4 Å². The largest absolute Gasteiger partial charge is 0.351 e. The van der Waals surface area contributed by atoms with Crippen molar-refractivity contribution >= 4 is 34.6 Å². The van der Waals surface area contributed by atoms with Crippen LogP contribution < -0.4 is 15.5 Å². The maximum Gasteiger partial charge on any atom is 0.224 e. The Bertz CT molecular complexity index is 1250. The van der Waals surface area contributed by atoms with E-state index < -0.39 is 0 Å². The van der Waals surface area contributed by atoms with Crippen molar-refractivity contribution in [2.45, 2.75) is 65.1 Å². The average molecular weight is 474 g/mol. The summed E-state index contributed by atoms with van der Waals surface area (Å²) in [6, 6.07) is 15.0. The molecular weight excluding hydrogens is 442 g/mol. The number of nitrogens with one attached hydrogen (secondary N) is 2. The first-order chi connectivity index (χ1) is 16.4. The number of anilines is 2. The fourth-order valence-electron chi connectivity index (χ4n) is 5.12. The number of nitrogens with zero attached hydrogens (tertiary/aromatic N) is 3. The van der Waals surface area contributed by atoms with Gasteiger partial charge in [-0.1, -0.05) is 13.0 Å². The number of hydrogen-bond acceptors (Lipinski definition) is 3. The standard InChI is InChI=1S/C27H31N5OS/c1-5-24(33)29-22-12-11-20(14-16(22)2)32-26(21-15-17(3)31(18(21)4)19-9-10-19)25(30-27(32)34)23-8-6-7-13-28-23/h6-8,11-15,19,25-26H,5,9-10H2,1-4H3,(H,29,33)(H,30,34). The van der Waals surface area contributed by atoms with Gasteiger partial charge in [-0.2, -0.15) is 0 Å². The Labute approximate surface area is 206 Å². The van der Waals surface area contributed by atoms with Gasteiger partial charge >= 0.3 is 0 Å². The van der Waals surface area contributed by atoms with Crippen molar-refractivity contribution in [2.75, 3.05) is 10.2 Å². The molecule has 0 spiro atoms. The molecule has 1 aliphatic carbocycles. The summed E-state index contributed by atoms with van der Waals surface area (Å²) in [5.41, 5.74) is 7.67. The van der Waals surface area contributed by atoms with Crippen molar-refractivity contribution in [2.24, 2.45) is 0 Å². The van der Waals surface area contributed by atoms with Crippen molar-refractivity contribution in [1.82, 2.24) is 14.9 Å². The van der Waals surface area contributed by atoms with Gasteiger partial charge < -0.3 is 20.1 Å². The third-order valence-corrected chi connectivity index (χ3v) is 7.25. The minimum atomic E-state index is -0.0679. The second-order valence-electron chi connectivity index (χ2n) is 9.33. The molecule has 2 aliphatic rings. The van der Waals surface area contributed by atoms with Crippen LogP contribution in [-0.2, 0) is 4.79 Å². The molecule has 176 valence electrons. The van der Waals surface area contributed by atoms with Crippen LogP contribution in [0.5, 0.6) is 0 Å². The molecule has 1 saturated heterocycles. The second-order valence-corrected chi connectivity index (χ2v) is 9.71. The molecule has 5 rings (SSSR count). The van der Waals surface area contributed by atoms with Gasteiger partial charge in [-0.25, -0.2) is 0 Å². The Balaban J connectivity index is 1.60. The monoisotopic (exact) mass is 473 g/mol. The normalized spacial score (nSPS) is 19.9. The zero-order valence-corrected chi connectivity index (χ0v) is 20.9. The number of rotatable bonds is 6. The highest BCUT2D eigenvalue weighted by Crippen LogP contribution is 2.46. The highest BCUT2D eigenvalue weighted by atomic mass is 32.1. The van der Waals surface area contributed by atoms with Crippen molar-refractivity contribution in [3.8, 4) is 0 Å². The van der Waals surface area contributed by atoms with Gasteiger partial charge in [-0.15, -0.1) is 0 Å². The molecule has 2 atom stereocenters. The molecule has 6 nitrogen and oxygen atoms in total. The van der Waals surface area contributed by atoms with Crippen LogP contribution in [0, 0.1) is 20.8 Å². The van der Waals surface area contributed by atoms with Crippen molar-refractivity contribution < 1.29 is 4.79 Å². The lowest BCUT2D eigenvalue weighted by molar-refractivity contribution is -0.115. The highest BCUT2D eigenvalue weighted by Gasteiger charge is 2.43. The number of aryl methyl sites for hydroxylation is 2. The molecule has 1 aromatic carbocycles. The summed E-state index contributed by atoms with van der Waals surface area (Å²) >= 11 is 5.90. The van der Waals surface area contributed by atoms with E-state index >= 15 is 0 Å². The third kappa shape index (κ3) is 3.98. The fourth-order valence-corrected chi connectivity index (χ4v) is 5.47. The van der Waals surface area contributed by atoms with Crippen LogP contribution in [0.4, 0.5) is 11.4 Å². The molecule has 0 radical (unpaired) electrons. The summed E-state index contributed by atoms with van der Waals surface area (Å²) in [6.45, 7) is 8.30. The summed E-state index contributed by atoms with van der Waals surface area (Å²) < 4.78 is 2.49. The van der Waals surface area contributed by atoms with E-state index in [1.54, 1.807) is 0 Å². The molecule has 2 fully saturated rings. The number of aromatic nitrogens is 2. The Morgan fingerprint density at radius 1 is 1.18 bits per heavy atom. The number of carbonyl (C=O) groups excluding carboxylic acids is 1. The van der Waals surface area contributed by atoms with E-state index in [1.807, 2.05) is 44.3 Å². The lowest BCUT2D eigenvalue weighted by atomic mass is 9.96. The minimum absolute atomic E-state index is 0.00909. The van der Waals surface area contributed by atoms with E-state index in [1.165, 1.54) is 29.8 Å². The van der Waals surface area contributed by atoms with Gasteiger partial charge in [0.15, 0.2) is 5.11 Å². The molecule has 1 aliphatic heterocycles. The Morgan fingerprint density at radius 2 is 1.97 bits per heavy atom. The van der Waals surface area contributed by atoms with Gasteiger partial charge in [0.2, 0.25) is 5.91 Å². The molecule has 34 heavy (non-hydrogen) atoms. The van der Waals surface area contributed by atoms with Crippen LogP contribution >= 0.6 is 12.2 Å². The van der Waals surface area contributed by atoms with E-state index in [-0.39, 0.29) is 18.0 Å². The molecule has 3 aromatic rings. The predicted octanol–water partition coefficient (Wildman–Crippen LogP) is 5.67.